The second kappa shape index (κ2) is 7.37. The average Bonchev–Trinajstić information content (AvgIpc) is 3.45. The molecule has 6 heteroatoms. The predicted octanol–water partition coefficient (Wildman–Crippen LogP) is 5.18. The standard InChI is InChI=1S/C24H22N2O4/c1-2-22(28)26-18-8-4-3-7-16(18)25-17-13-15(20-9-5-11-29-20)14-19(27)23(17)24(26)21-10-6-12-30-21/h3-12,15,24-25H,2,13-14H2,1H3/t15-,24+/m1/s1. The first kappa shape index (κ1) is 18.5. The van der Waals surface area contributed by atoms with Crippen LogP contribution in [0.25, 0.3) is 0 Å². The van der Waals surface area contributed by atoms with E-state index in [9.17, 15) is 9.59 Å². The second-order valence-corrected chi connectivity index (χ2v) is 7.61. The number of Topliss-reactive ketones (excluding diaryl/α,β-unsaturated/α-hetero) is 1. The molecule has 1 amide bonds. The number of allylic oxidation sites excluding steroid dienone is 1. The third-order valence-electron chi connectivity index (χ3n) is 5.82. The van der Waals surface area contributed by atoms with E-state index in [-0.39, 0.29) is 17.6 Å². The van der Waals surface area contributed by atoms with Crippen molar-refractivity contribution < 1.29 is 18.4 Å². The van der Waals surface area contributed by atoms with Crippen LogP contribution >= 0.6 is 0 Å². The summed E-state index contributed by atoms with van der Waals surface area (Å²) in [6.45, 7) is 1.83. The number of benzene rings is 1. The fourth-order valence-corrected chi connectivity index (χ4v) is 4.48. The van der Waals surface area contributed by atoms with Crippen molar-refractivity contribution in [1.82, 2.24) is 0 Å². The molecule has 2 aliphatic rings. The van der Waals surface area contributed by atoms with Crippen LogP contribution in [0.2, 0.25) is 0 Å². The molecule has 0 unspecified atom stereocenters. The number of anilines is 2. The number of amides is 1. The van der Waals surface area contributed by atoms with Crippen molar-refractivity contribution in [1.29, 1.82) is 0 Å². The van der Waals surface area contributed by atoms with Crippen LogP contribution in [0.1, 0.15) is 49.7 Å². The van der Waals surface area contributed by atoms with E-state index in [4.69, 9.17) is 8.83 Å². The Kier molecular flexibility index (Phi) is 4.54. The minimum Gasteiger partial charge on any atom is -0.469 e. The summed E-state index contributed by atoms with van der Waals surface area (Å²) in [7, 11) is 0. The van der Waals surface area contributed by atoms with Crippen LogP contribution in [0, 0.1) is 0 Å². The molecule has 0 bridgehead atoms. The number of nitrogens with zero attached hydrogens (tertiary/aromatic N) is 1. The highest BCUT2D eigenvalue weighted by atomic mass is 16.3. The molecule has 1 aliphatic heterocycles. The highest BCUT2D eigenvalue weighted by Crippen LogP contribution is 2.47. The van der Waals surface area contributed by atoms with E-state index in [2.05, 4.69) is 5.32 Å². The van der Waals surface area contributed by atoms with Crippen LogP contribution in [-0.2, 0) is 9.59 Å². The lowest BCUT2D eigenvalue weighted by molar-refractivity contribution is -0.119. The van der Waals surface area contributed by atoms with Gasteiger partial charge in [0.15, 0.2) is 5.78 Å². The molecule has 2 atom stereocenters. The van der Waals surface area contributed by atoms with Crippen LogP contribution in [-0.4, -0.2) is 11.7 Å². The summed E-state index contributed by atoms with van der Waals surface area (Å²) in [6.07, 6.45) is 4.47. The summed E-state index contributed by atoms with van der Waals surface area (Å²) < 4.78 is 11.3. The molecule has 0 spiro atoms. The van der Waals surface area contributed by atoms with Crippen LogP contribution in [0.5, 0.6) is 0 Å². The van der Waals surface area contributed by atoms with E-state index in [1.165, 1.54) is 0 Å². The molecule has 30 heavy (non-hydrogen) atoms. The third kappa shape index (κ3) is 2.96. The van der Waals surface area contributed by atoms with Crippen molar-refractivity contribution in [2.45, 2.75) is 38.1 Å². The number of carbonyl (C=O) groups excluding carboxylic acids is 2. The molecular weight excluding hydrogens is 380 g/mol. The molecular formula is C24H22N2O4. The minimum atomic E-state index is -0.608. The van der Waals surface area contributed by atoms with Crippen molar-refractivity contribution in [3.63, 3.8) is 0 Å². The first-order valence-electron chi connectivity index (χ1n) is 10.2. The van der Waals surface area contributed by atoms with Gasteiger partial charge in [0.05, 0.1) is 23.9 Å². The highest BCUT2D eigenvalue weighted by Gasteiger charge is 2.42. The Labute approximate surface area is 174 Å². The van der Waals surface area contributed by atoms with Crippen LogP contribution in [0.4, 0.5) is 11.4 Å². The zero-order valence-corrected chi connectivity index (χ0v) is 16.6. The number of hydrogen-bond acceptors (Lipinski definition) is 5. The van der Waals surface area contributed by atoms with E-state index < -0.39 is 6.04 Å². The molecule has 2 aromatic heterocycles. The summed E-state index contributed by atoms with van der Waals surface area (Å²) >= 11 is 0. The van der Waals surface area contributed by atoms with Gasteiger partial charge < -0.3 is 14.2 Å². The summed E-state index contributed by atoms with van der Waals surface area (Å²) in [6, 6.07) is 14.4. The SMILES string of the molecule is CCC(=O)N1c2ccccc2NC2=C(C(=O)C[C@H](c3ccco3)C2)[C@@H]1c1ccco1. The molecule has 3 aromatic rings. The van der Waals surface area contributed by atoms with Gasteiger partial charge >= 0.3 is 0 Å². The molecule has 6 nitrogen and oxygen atoms in total. The zero-order valence-electron chi connectivity index (χ0n) is 16.6. The van der Waals surface area contributed by atoms with Crippen molar-refractivity contribution in [3.8, 4) is 0 Å². The summed E-state index contributed by atoms with van der Waals surface area (Å²) in [5.74, 6) is 1.25. The van der Waals surface area contributed by atoms with E-state index in [1.54, 1.807) is 23.5 Å². The van der Waals surface area contributed by atoms with Crippen LogP contribution < -0.4 is 10.2 Å². The molecule has 0 radical (unpaired) electrons. The summed E-state index contributed by atoms with van der Waals surface area (Å²) in [5, 5.41) is 3.47. The molecule has 1 N–H and O–H groups in total. The first-order chi connectivity index (χ1) is 14.7. The molecule has 5 rings (SSSR count). The fourth-order valence-electron chi connectivity index (χ4n) is 4.48. The van der Waals surface area contributed by atoms with Gasteiger partial charge in [0.25, 0.3) is 0 Å². The number of hydrogen-bond donors (Lipinski definition) is 1. The maximum Gasteiger partial charge on any atom is 0.227 e. The van der Waals surface area contributed by atoms with Crippen molar-refractivity contribution in [2.75, 3.05) is 10.2 Å². The van der Waals surface area contributed by atoms with Gasteiger partial charge in [-0.2, -0.15) is 0 Å². The normalized spacial score (nSPS) is 21.0. The molecule has 0 saturated heterocycles. The Morgan fingerprint density at radius 1 is 1.03 bits per heavy atom. The zero-order chi connectivity index (χ0) is 20.7. The molecule has 0 fully saturated rings. The van der Waals surface area contributed by atoms with E-state index >= 15 is 0 Å². The number of fused-ring (bicyclic) bond motifs is 1. The Hall–Kier alpha value is -3.54. The van der Waals surface area contributed by atoms with Gasteiger partial charge in [-0.25, -0.2) is 0 Å². The number of nitrogens with one attached hydrogen (secondary N) is 1. The Bertz CT molecular complexity index is 1110. The quantitative estimate of drug-likeness (QED) is 0.653. The lowest BCUT2D eigenvalue weighted by atomic mass is 9.81. The van der Waals surface area contributed by atoms with E-state index in [0.29, 0.717) is 30.6 Å². The summed E-state index contributed by atoms with van der Waals surface area (Å²) in [4.78, 5) is 28.3. The molecule has 152 valence electrons. The van der Waals surface area contributed by atoms with Gasteiger partial charge in [-0.3, -0.25) is 14.5 Å². The second-order valence-electron chi connectivity index (χ2n) is 7.61. The topological polar surface area (TPSA) is 75.7 Å². The largest absolute Gasteiger partial charge is 0.469 e. The van der Waals surface area contributed by atoms with Gasteiger partial charge in [0, 0.05) is 30.0 Å². The Morgan fingerprint density at radius 2 is 1.77 bits per heavy atom. The highest BCUT2D eigenvalue weighted by molar-refractivity contribution is 6.06. The maximum atomic E-state index is 13.5. The summed E-state index contributed by atoms with van der Waals surface area (Å²) in [5.41, 5.74) is 2.94. The number of carbonyl (C=O) groups is 2. The van der Waals surface area contributed by atoms with Gasteiger partial charge in [0.2, 0.25) is 5.91 Å². The number of furan rings is 2. The number of rotatable bonds is 3. The Morgan fingerprint density at radius 3 is 2.47 bits per heavy atom. The lowest BCUT2D eigenvalue weighted by Crippen LogP contribution is -2.38. The smallest absolute Gasteiger partial charge is 0.227 e. The van der Waals surface area contributed by atoms with Crippen molar-refractivity contribution in [2.24, 2.45) is 0 Å². The molecule has 3 heterocycles. The first-order valence-corrected chi connectivity index (χ1v) is 10.2. The van der Waals surface area contributed by atoms with Crippen molar-refractivity contribution >= 4 is 23.1 Å². The fraction of sp³-hybridized carbons (Fsp3) is 0.250. The van der Waals surface area contributed by atoms with E-state index in [1.807, 2.05) is 49.4 Å². The van der Waals surface area contributed by atoms with Crippen molar-refractivity contribution in [3.05, 3.63) is 83.8 Å². The molecule has 0 saturated carbocycles. The predicted molar refractivity (Wildman–Crippen MR) is 112 cm³/mol. The van der Waals surface area contributed by atoms with Gasteiger partial charge in [0.1, 0.15) is 17.6 Å². The van der Waals surface area contributed by atoms with Gasteiger partial charge in [-0.15, -0.1) is 0 Å². The Balaban J connectivity index is 1.71. The average molecular weight is 402 g/mol. The molecule has 1 aromatic carbocycles. The maximum absolute atomic E-state index is 13.5. The van der Waals surface area contributed by atoms with Gasteiger partial charge in [-0.05, 0) is 42.8 Å². The van der Waals surface area contributed by atoms with Crippen LogP contribution in [0.3, 0.4) is 0 Å². The third-order valence-corrected chi connectivity index (χ3v) is 5.82. The number of para-hydroxylation sites is 2. The van der Waals surface area contributed by atoms with Gasteiger partial charge in [-0.1, -0.05) is 19.1 Å². The monoisotopic (exact) mass is 402 g/mol. The number of ketones is 1. The lowest BCUT2D eigenvalue weighted by Gasteiger charge is -2.33. The van der Waals surface area contributed by atoms with E-state index in [0.717, 1.165) is 22.8 Å². The van der Waals surface area contributed by atoms with Crippen LogP contribution in [0.15, 0.2) is 81.2 Å². The minimum absolute atomic E-state index is 0.00624. The molecule has 1 aliphatic carbocycles.